The van der Waals surface area contributed by atoms with Gasteiger partial charge in [-0.3, -0.25) is 4.90 Å². The van der Waals surface area contributed by atoms with Crippen LogP contribution in [0.3, 0.4) is 0 Å². The van der Waals surface area contributed by atoms with Crippen molar-refractivity contribution in [3.8, 4) is 11.5 Å². The molecule has 2 aliphatic heterocycles. The third-order valence-corrected chi connectivity index (χ3v) is 4.32. The number of likely N-dealkylation sites (N-methyl/N-ethyl adjacent to an activating group) is 1. The Morgan fingerprint density at radius 3 is 2.86 bits per heavy atom. The summed E-state index contributed by atoms with van der Waals surface area (Å²) in [4.78, 5) is 2.45. The molecule has 5 nitrogen and oxygen atoms in total. The molecule has 0 bridgehead atoms. The van der Waals surface area contributed by atoms with Crippen LogP contribution < -0.4 is 14.8 Å². The largest absolute Gasteiger partial charge is 0.486 e. The summed E-state index contributed by atoms with van der Waals surface area (Å²) in [7, 11) is 3.80. The zero-order valence-corrected chi connectivity index (χ0v) is 12.8. The predicted octanol–water partition coefficient (Wildman–Crippen LogP) is 1.44. The molecule has 1 aromatic rings. The molecule has 0 spiro atoms. The molecule has 0 radical (unpaired) electrons. The maximum Gasteiger partial charge on any atom is 0.161 e. The molecule has 1 aromatic carbocycles. The van der Waals surface area contributed by atoms with E-state index in [2.05, 4.69) is 22.3 Å². The van der Waals surface area contributed by atoms with Gasteiger partial charge in [0, 0.05) is 32.8 Å². The smallest absolute Gasteiger partial charge is 0.161 e. The van der Waals surface area contributed by atoms with E-state index >= 15 is 0 Å². The van der Waals surface area contributed by atoms with Crippen molar-refractivity contribution >= 4 is 0 Å². The topological polar surface area (TPSA) is 43.0 Å². The van der Waals surface area contributed by atoms with Crippen molar-refractivity contribution in [3.05, 3.63) is 23.8 Å². The Hall–Kier alpha value is -1.30. The summed E-state index contributed by atoms with van der Waals surface area (Å²) < 4.78 is 16.7. The van der Waals surface area contributed by atoms with E-state index in [1.165, 1.54) is 5.56 Å². The first-order valence-corrected chi connectivity index (χ1v) is 7.62. The van der Waals surface area contributed by atoms with Gasteiger partial charge in [0.25, 0.3) is 0 Å². The van der Waals surface area contributed by atoms with Crippen LogP contribution in [0, 0.1) is 0 Å². The van der Waals surface area contributed by atoms with Crippen LogP contribution in [0.25, 0.3) is 0 Å². The number of fused-ring (bicyclic) bond motifs is 1. The SMILES string of the molecule is CNC(CN1CCC(OC)C1)c1ccc2c(c1)OCCO2. The molecule has 0 amide bonds. The fourth-order valence-corrected chi connectivity index (χ4v) is 3.05. The van der Waals surface area contributed by atoms with Gasteiger partial charge in [-0.1, -0.05) is 6.07 Å². The average molecular weight is 292 g/mol. The van der Waals surface area contributed by atoms with Gasteiger partial charge in [-0.25, -0.2) is 0 Å². The van der Waals surface area contributed by atoms with E-state index in [4.69, 9.17) is 14.2 Å². The fraction of sp³-hybridized carbons (Fsp3) is 0.625. The minimum absolute atomic E-state index is 0.288. The third-order valence-electron chi connectivity index (χ3n) is 4.32. The monoisotopic (exact) mass is 292 g/mol. The summed E-state index contributed by atoms with van der Waals surface area (Å²) in [5.74, 6) is 1.70. The van der Waals surface area contributed by atoms with Crippen LogP contribution in [0.5, 0.6) is 11.5 Å². The van der Waals surface area contributed by atoms with Gasteiger partial charge in [-0.15, -0.1) is 0 Å². The second-order valence-corrected chi connectivity index (χ2v) is 5.65. The van der Waals surface area contributed by atoms with Crippen LogP contribution in [0.15, 0.2) is 18.2 Å². The van der Waals surface area contributed by atoms with Crippen LogP contribution in [-0.4, -0.2) is 58.0 Å². The maximum atomic E-state index is 5.68. The highest BCUT2D eigenvalue weighted by atomic mass is 16.6. The Morgan fingerprint density at radius 1 is 1.33 bits per heavy atom. The van der Waals surface area contributed by atoms with Crippen molar-refractivity contribution in [1.29, 1.82) is 0 Å². The molecule has 2 heterocycles. The van der Waals surface area contributed by atoms with E-state index in [1.807, 2.05) is 13.1 Å². The number of likely N-dealkylation sites (tertiary alicyclic amines) is 1. The summed E-state index contributed by atoms with van der Waals surface area (Å²) >= 11 is 0. The first-order valence-electron chi connectivity index (χ1n) is 7.62. The highest BCUT2D eigenvalue weighted by Gasteiger charge is 2.25. The molecule has 2 unspecified atom stereocenters. The number of ether oxygens (including phenoxy) is 3. The lowest BCUT2D eigenvalue weighted by Gasteiger charge is -2.25. The average Bonchev–Trinajstić information content (AvgIpc) is 3.00. The first kappa shape index (κ1) is 14.6. The molecule has 0 saturated carbocycles. The van der Waals surface area contributed by atoms with Crippen molar-refractivity contribution in [2.24, 2.45) is 0 Å². The highest BCUT2D eigenvalue weighted by molar-refractivity contribution is 5.44. The normalized spacial score (nSPS) is 23.2. The van der Waals surface area contributed by atoms with Gasteiger partial charge in [-0.2, -0.15) is 0 Å². The van der Waals surface area contributed by atoms with Crippen molar-refractivity contribution in [1.82, 2.24) is 10.2 Å². The molecule has 21 heavy (non-hydrogen) atoms. The first-order chi connectivity index (χ1) is 10.3. The lowest BCUT2D eigenvalue weighted by molar-refractivity contribution is 0.107. The Labute approximate surface area is 126 Å². The molecule has 116 valence electrons. The quantitative estimate of drug-likeness (QED) is 0.889. The number of hydrogen-bond donors (Lipinski definition) is 1. The second-order valence-electron chi connectivity index (χ2n) is 5.65. The van der Waals surface area contributed by atoms with E-state index in [9.17, 15) is 0 Å². The van der Waals surface area contributed by atoms with E-state index < -0.39 is 0 Å². The number of benzene rings is 1. The van der Waals surface area contributed by atoms with E-state index in [1.54, 1.807) is 7.11 Å². The Morgan fingerprint density at radius 2 is 2.14 bits per heavy atom. The number of hydrogen-bond acceptors (Lipinski definition) is 5. The van der Waals surface area contributed by atoms with E-state index in [0.717, 1.165) is 37.6 Å². The number of nitrogens with zero attached hydrogens (tertiary/aromatic N) is 1. The Kier molecular flexibility index (Phi) is 4.63. The lowest BCUT2D eigenvalue weighted by atomic mass is 10.1. The van der Waals surface area contributed by atoms with Gasteiger partial charge in [0.05, 0.1) is 6.10 Å². The van der Waals surface area contributed by atoms with Gasteiger partial charge in [0.2, 0.25) is 0 Å². The molecule has 1 saturated heterocycles. The molecule has 2 atom stereocenters. The van der Waals surface area contributed by atoms with Gasteiger partial charge in [0.1, 0.15) is 13.2 Å². The van der Waals surface area contributed by atoms with Gasteiger partial charge in [0.15, 0.2) is 11.5 Å². The summed E-state index contributed by atoms with van der Waals surface area (Å²) in [6, 6.07) is 6.52. The molecule has 2 aliphatic rings. The van der Waals surface area contributed by atoms with E-state index in [0.29, 0.717) is 19.3 Å². The fourth-order valence-electron chi connectivity index (χ4n) is 3.05. The number of methoxy groups -OCH3 is 1. The summed E-state index contributed by atoms with van der Waals surface area (Å²) in [5, 5.41) is 3.41. The predicted molar refractivity (Wildman–Crippen MR) is 81.1 cm³/mol. The number of rotatable bonds is 5. The molecular formula is C16H24N2O3. The van der Waals surface area contributed by atoms with Gasteiger partial charge < -0.3 is 19.5 Å². The van der Waals surface area contributed by atoms with Crippen LogP contribution in [0.2, 0.25) is 0 Å². The molecule has 0 aliphatic carbocycles. The summed E-state index contributed by atoms with van der Waals surface area (Å²) in [6.07, 6.45) is 1.50. The number of nitrogens with one attached hydrogen (secondary N) is 1. The minimum atomic E-state index is 0.288. The van der Waals surface area contributed by atoms with Crippen LogP contribution in [-0.2, 0) is 4.74 Å². The standard InChI is InChI=1S/C16H24N2O3/c1-17-14(11-18-6-5-13(10-18)19-2)12-3-4-15-16(9-12)21-8-7-20-15/h3-4,9,13-14,17H,5-8,10-11H2,1-2H3. The van der Waals surface area contributed by atoms with Crippen LogP contribution in [0.4, 0.5) is 0 Å². The van der Waals surface area contributed by atoms with Gasteiger partial charge in [-0.05, 0) is 31.2 Å². The van der Waals surface area contributed by atoms with Crippen molar-refractivity contribution in [3.63, 3.8) is 0 Å². The maximum absolute atomic E-state index is 5.68. The van der Waals surface area contributed by atoms with Gasteiger partial charge >= 0.3 is 0 Å². The van der Waals surface area contributed by atoms with Crippen LogP contribution in [0.1, 0.15) is 18.0 Å². The molecule has 0 aromatic heterocycles. The Bertz CT molecular complexity index is 481. The summed E-state index contributed by atoms with van der Waals surface area (Å²) in [6.45, 7) is 4.35. The molecule has 1 N–H and O–H groups in total. The summed E-state index contributed by atoms with van der Waals surface area (Å²) in [5.41, 5.74) is 1.24. The lowest BCUT2D eigenvalue weighted by Crippen LogP contribution is -2.33. The molecule has 3 rings (SSSR count). The second kappa shape index (κ2) is 6.64. The zero-order chi connectivity index (χ0) is 14.7. The molecule has 1 fully saturated rings. The van der Waals surface area contributed by atoms with Crippen molar-refractivity contribution < 1.29 is 14.2 Å². The highest BCUT2D eigenvalue weighted by Crippen LogP contribution is 2.33. The molecule has 5 heteroatoms. The van der Waals surface area contributed by atoms with Crippen molar-refractivity contribution in [2.75, 3.05) is 47.0 Å². The Balaban J connectivity index is 1.68. The zero-order valence-electron chi connectivity index (χ0n) is 12.8. The van der Waals surface area contributed by atoms with Crippen LogP contribution >= 0.6 is 0 Å². The minimum Gasteiger partial charge on any atom is -0.486 e. The van der Waals surface area contributed by atoms with E-state index in [-0.39, 0.29) is 6.04 Å². The third kappa shape index (κ3) is 3.31. The molecular weight excluding hydrogens is 268 g/mol. The van der Waals surface area contributed by atoms with Crippen molar-refractivity contribution in [2.45, 2.75) is 18.6 Å².